The highest BCUT2D eigenvalue weighted by Crippen LogP contribution is 2.20. The number of amidine groups is 1. The van der Waals surface area contributed by atoms with E-state index in [0.29, 0.717) is 9.13 Å². The first-order valence-corrected chi connectivity index (χ1v) is 6.60. The van der Waals surface area contributed by atoms with E-state index in [1.165, 1.54) is 6.07 Å². The first-order valence-electron chi connectivity index (χ1n) is 5.52. The number of aromatic hydroxyl groups is 1. The molecule has 0 aliphatic rings. The molecular formula is C12H16IN3O3. The second kappa shape index (κ2) is 6.09. The van der Waals surface area contributed by atoms with Crippen LogP contribution in [0.1, 0.15) is 24.2 Å². The van der Waals surface area contributed by atoms with E-state index in [-0.39, 0.29) is 24.0 Å². The third-order valence-corrected chi connectivity index (χ3v) is 3.61. The molecule has 0 bridgehead atoms. The Balaban J connectivity index is 2.73. The van der Waals surface area contributed by atoms with Gasteiger partial charge in [0.1, 0.15) is 11.6 Å². The summed E-state index contributed by atoms with van der Waals surface area (Å²) in [5, 5.41) is 23.8. The Morgan fingerprint density at radius 1 is 1.53 bits per heavy atom. The van der Waals surface area contributed by atoms with Gasteiger partial charge >= 0.3 is 0 Å². The number of hydrogen-bond acceptors (Lipinski definition) is 4. The molecule has 6 nitrogen and oxygen atoms in total. The molecule has 1 amide bonds. The van der Waals surface area contributed by atoms with E-state index in [4.69, 9.17) is 10.9 Å². The summed E-state index contributed by atoms with van der Waals surface area (Å²) >= 11 is 1.97. The smallest absolute Gasteiger partial charge is 0.251 e. The molecule has 0 heterocycles. The molecule has 0 radical (unpaired) electrons. The molecule has 0 fully saturated rings. The average Bonchev–Trinajstić information content (AvgIpc) is 2.38. The van der Waals surface area contributed by atoms with Crippen molar-refractivity contribution in [3.63, 3.8) is 0 Å². The Labute approximate surface area is 124 Å². The number of rotatable bonds is 4. The van der Waals surface area contributed by atoms with E-state index < -0.39 is 5.41 Å². The summed E-state index contributed by atoms with van der Waals surface area (Å²) in [5.74, 6) is -0.229. The number of phenols is 1. The summed E-state index contributed by atoms with van der Waals surface area (Å²) in [6.45, 7) is 3.70. The molecule has 7 heteroatoms. The van der Waals surface area contributed by atoms with Crippen molar-refractivity contribution < 1.29 is 15.1 Å². The van der Waals surface area contributed by atoms with Crippen LogP contribution in [0.4, 0.5) is 0 Å². The van der Waals surface area contributed by atoms with Gasteiger partial charge in [-0.15, -0.1) is 0 Å². The monoisotopic (exact) mass is 377 g/mol. The highest BCUT2D eigenvalue weighted by atomic mass is 127. The minimum absolute atomic E-state index is 0.0401. The van der Waals surface area contributed by atoms with Gasteiger partial charge in [0.15, 0.2) is 0 Å². The maximum atomic E-state index is 11.9. The van der Waals surface area contributed by atoms with Crippen LogP contribution in [0.3, 0.4) is 0 Å². The van der Waals surface area contributed by atoms with E-state index in [9.17, 15) is 9.90 Å². The van der Waals surface area contributed by atoms with E-state index in [2.05, 4.69) is 10.5 Å². The minimum Gasteiger partial charge on any atom is -0.507 e. The van der Waals surface area contributed by atoms with Crippen LogP contribution in [0.5, 0.6) is 5.75 Å². The molecule has 0 aliphatic heterocycles. The lowest BCUT2D eigenvalue weighted by atomic mass is 9.92. The Kier molecular flexibility index (Phi) is 4.98. The summed E-state index contributed by atoms with van der Waals surface area (Å²) in [7, 11) is 0. The molecule has 0 unspecified atom stereocenters. The highest BCUT2D eigenvalue weighted by molar-refractivity contribution is 14.1. The Hall–Kier alpha value is -1.51. The van der Waals surface area contributed by atoms with Gasteiger partial charge in [0, 0.05) is 17.5 Å². The van der Waals surface area contributed by atoms with Crippen molar-refractivity contribution in [1.29, 1.82) is 0 Å². The zero-order valence-corrected chi connectivity index (χ0v) is 12.8. The Morgan fingerprint density at radius 3 is 2.68 bits per heavy atom. The van der Waals surface area contributed by atoms with Crippen LogP contribution in [0.25, 0.3) is 0 Å². The first kappa shape index (κ1) is 15.5. The molecule has 19 heavy (non-hydrogen) atoms. The van der Waals surface area contributed by atoms with Gasteiger partial charge in [-0.25, -0.2) is 0 Å². The second-order valence-corrected chi connectivity index (χ2v) is 5.88. The largest absolute Gasteiger partial charge is 0.507 e. The van der Waals surface area contributed by atoms with E-state index >= 15 is 0 Å². The number of nitrogens with two attached hydrogens (primary N) is 1. The lowest BCUT2D eigenvalue weighted by molar-refractivity contribution is 0.0944. The molecule has 5 N–H and O–H groups in total. The molecule has 0 aromatic heterocycles. The van der Waals surface area contributed by atoms with Crippen LogP contribution in [-0.2, 0) is 0 Å². The summed E-state index contributed by atoms with van der Waals surface area (Å²) < 4.78 is 0.672. The summed E-state index contributed by atoms with van der Waals surface area (Å²) in [5.41, 5.74) is 5.23. The second-order valence-electron chi connectivity index (χ2n) is 4.72. The lowest BCUT2D eigenvalue weighted by Gasteiger charge is -2.23. The summed E-state index contributed by atoms with van der Waals surface area (Å²) in [6, 6.07) is 4.67. The molecule has 0 saturated heterocycles. The van der Waals surface area contributed by atoms with Gasteiger partial charge < -0.3 is 21.4 Å². The Morgan fingerprint density at radius 2 is 2.16 bits per heavy atom. The van der Waals surface area contributed by atoms with E-state index in [0.717, 1.165) is 0 Å². The quantitative estimate of drug-likeness (QED) is 0.210. The van der Waals surface area contributed by atoms with Gasteiger partial charge in [-0.3, -0.25) is 4.79 Å². The van der Waals surface area contributed by atoms with Gasteiger partial charge in [-0.05, 0) is 40.8 Å². The summed E-state index contributed by atoms with van der Waals surface area (Å²) in [4.78, 5) is 11.9. The van der Waals surface area contributed by atoms with Gasteiger partial charge in [0.05, 0.1) is 3.57 Å². The fourth-order valence-electron chi connectivity index (χ4n) is 1.28. The van der Waals surface area contributed by atoms with E-state index in [1.807, 2.05) is 22.6 Å². The average molecular weight is 377 g/mol. The number of phenolic OH excluding ortho intramolecular Hbond substituents is 1. The fraction of sp³-hybridized carbons (Fsp3) is 0.333. The fourth-order valence-corrected chi connectivity index (χ4v) is 1.62. The number of hydrogen-bond donors (Lipinski definition) is 4. The Bertz CT molecular complexity index is 515. The molecule has 1 aromatic rings. The van der Waals surface area contributed by atoms with E-state index in [1.54, 1.807) is 26.0 Å². The molecule has 0 spiro atoms. The van der Waals surface area contributed by atoms with Crippen molar-refractivity contribution in [2.24, 2.45) is 16.3 Å². The molecule has 0 atom stereocenters. The third-order valence-electron chi connectivity index (χ3n) is 2.70. The van der Waals surface area contributed by atoms with Crippen LogP contribution >= 0.6 is 22.6 Å². The number of oxime groups is 1. The third kappa shape index (κ3) is 3.98. The first-order chi connectivity index (χ1) is 8.77. The zero-order valence-electron chi connectivity index (χ0n) is 10.6. The zero-order chi connectivity index (χ0) is 14.6. The van der Waals surface area contributed by atoms with Crippen molar-refractivity contribution in [3.8, 4) is 5.75 Å². The number of carbonyl (C=O) groups is 1. The number of nitrogens with one attached hydrogen (secondary N) is 1. The number of benzene rings is 1. The van der Waals surface area contributed by atoms with Crippen LogP contribution < -0.4 is 11.1 Å². The molecule has 104 valence electrons. The van der Waals surface area contributed by atoms with Crippen molar-refractivity contribution in [2.75, 3.05) is 6.54 Å². The lowest BCUT2D eigenvalue weighted by Crippen LogP contribution is -2.42. The molecule has 1 rings (SSSR count). The number of nitrogens with zero attached hydrogens (tertiary/aromatic N) is 1. The number of halogens is 1. The van der Waals surface area contributed by atoms with Gasteiger partial charge in [0.25, 0.3) is 5.91 Å². The molecule has 1 aromatic carbocycles. The molecule has 0 aliphatic carbocycles. The van der Waals surface area contributed by atoms with Crippen LogP contribution in [0, 0.1) is 8.99 Å². The molecule has 0 saturated carbocycles. The van der Waals surface area contributed by atoms with Crippen LogP contribution in [0.2, 0.25) is 0 Å². The highest BCUT2D eigenvalue weighted by Gasteiger charge is 2.24. The summed E-state index contributed by atoms with van der Waals surface area (Å²) in [6.07, 6.45) is 0. The maximum absolute atomic E-state index is 11.9. The minimum atomic E-state index is -0.657. The van der Waals surface area contributed by atoms with Crippen LogP contribution in [0.15, 0.2) is 23.4 Å². The molecular weight excluding hydrogens is 361 g/mol. The van der Waals surface area contributed by atoms with Crippen molar-refractivity contribution in [1.82, 2.24) is 5.32 Å². The number of amides is 1. The van der Waals surface area contributed by atoms with Gasteiger partial charge in [-0.1, -0.05) is 19.0 Å². The van der Waals surface area contributed by atoms with Crippen molar-refractivity contribution in [2.45, 2.75) is 13.8 Å². The SMILES string of the molecule is CC(C)(CNC(=O)c1ccc(I)c(O)c1)/C(N)=N/O. The number of carbonyl (C=O) groups excluding carboxylic acids is 1. The van der Waals surface area contributed by atoms with Gasteiger partial charge in [0.2, 0.25) is 0 Å². The predicted octanol–water partition coefficient (Wildman–Crippen LogP) is 1.50. The standard InChI is InChI=1S/C12H16IN3O3/c1-12(2,11(14)16-19)6-15-10(18)7-3-4-8(13)9(17)5-7/h3-5,17,19H,6H2,1-2H3,(H2,14,16)(H,15,18). The van der Waals surface area contributed by atoms with Crippen molar-refractivity contribution in [3.05, 3.63) is 27.3 Å². The predicted molar refractivity (Wildman–Crippen MR) is 80.3 cm³/mol. The normalized spacial score (nSPS) is 12.3. The van der Waals surface area contributed by atoms with Gasteiger partial charge in [-0.2, -0.15) is 0 Å². The maximum Gasteiger partial charge on any atom is 0.251 e. The van der Waals surface area contributed by atoms with Crippen molar-refractivity contribution >= 4 is 34.3 Å². The van der Waals surface area contributed by atoms with Crippen LogP contribution in [-0.4, -0.2) is 28.6 Å². The topological polar surface area (TPSA) is 108 Å².